The molecule has 7 heteroatoms. The first-order valence-corrected chi connectivity index (χ1v) is 11.1. The van der Waals surface area contributed by atoms with Crippen molar-refractivity contribution in [3.05, 3.63) is 65.5 Å². The molecule has 5 rings (SSSR count). The van der Waals surface area contributed by atoms with Gasteiger partial charge in [-0.1, -0.05) is 12.1 Å². The van der Waals surface area contributed by atoms with Crippen LogP contribution in [0.15, 0.2) is 60.7 Å². The Hall–Kier alpha value is -2.74. The summed E-state index contributed by atoms with van der Waals surface area (Å²) in [5.74, 6) is -0.0958. The molecule has 146 valence electrons. The van der Waals surface area contributed by atoms with Crippen molar-refractivity contribution in [1.29, 1.82) is 0 Å². The first kappa shape index (κ1) is 18.3. The Balaban J connectivity index is 1.28. The average Bonchev–Trinajstić information content (AvgIpc) is 3.42. The van der Waals surface area contributed by atoms with Crippen LogP contribution in [0, 0.1) is 0 Å². The lowest BCUT2D eigenvalue weighted by Gasteiger charge is -2.28. The third-order valence-corrected chi connectivity index (χ3v) is 7.13. The minimum Gasteiger partial charge on any atom is -0.378 e. The van der Waals surface area contributed by atoms with Crippen molar-refractivity contribution in [2.45, 2.75) is 0 Å². The summed E-state index contributed by atoms with van der Waals surface area (Å²) in [7, 11) is 0. The summed E-state index contributed by atoms with van der Waals surface area (Å²) in [4.78, 5) is 21.3. The number of benzene rings is 2. The SMILES string of the molecule is O=C(Nc1ccc(N2CCOCC2)cc1)c1ccc(-c2nc3ccccc3s2)s1. The minimum atomic E-state index is -0.0958. The zero-order chi connectivity index (χ0) is 19.6. The summed E-state index contributed by atoms with van der Waals surface area (Å²) in [5.41, 5.74) is 2.94. The fraction of sp³-hybridized carbons (Fsp3) is 0.182. The largest absolute Gasteiger partial charge is 0.378 e. The van der Waals surface area contributed by atoms with Crippen molar-refractivity contribution in [2.24, 2.45) is 0 Å². The molecule has 0 bridgehead atoms. The van der Waals surface area contributed by atoms with E-state index in [-0.39, 0.29) is 5.91 Å². The number of nitrogens with one attached hydrogen (secondary N) is 1. The molecule has 0 aliphatic carbocycles. The highest BCUT2D eigenvalue weighted by atomic mass is 32.1. The molecule has 1 aliphatic heterocycles. The molecule has 29 heavy (non-hydrogen) atoms. The fourth-order valence-corrected chi connectivity index (χ4v) is 5.24. The fourth-order valence-electron chi connectivity index (χ4n) is 3.32. The van der Waals surface area contributed by atoms with E-state index >= 15 is 0 Å². The van der Waals surface area contributed by atoms with Gasteiger partial charge in [-0.05, 0) is 48.5 Å². The molecule has 0 spiro atoms. The van der Waals surface area contributed by atoms with Gasteiger partial charge in [-0.3, -0.25) is 4.79 Å². The first-order valence-electron chi connectivity index (χ1n) is 9.46. The molecule has 2 aromatic heterocycles. The highest BCUT2D eigenvalue weighted by Crippen LogP contribution is 2.34. The van der Waals surface area contributed by atoms with Crippen LogP contribution in [-0.2, 0) is 4.74 Å². The van der Waals surface area contributed by atoms with Crippen molar-refractivity contribution < 1.29 is 9.53 Å². The number of hydrogen-bond donors (Lipinski definition) is 1. The molecule has 1 fully saturated rings. The van der Waals surface area contributed by atoms with Gasteiger partial charge in [0.05, 0.1) is 33.2 Å². The van der Waals surface area contributed by atoms with E-state index in [4.69, 9.17) is 4.74 Å². The van der Waals surface area contributed by atoms with Crippen LogP contribution in [0.2, 0.25) is 0 Å². The van der Waals surface area contributed by atoms with E-state index in [2.05, 4.69) is 21.3 Å². The van der Waals surface area contributed by atoms with Crippen molar-refractivity contribution in [3.8, 4) is 9.88 Å². The number of para-hydroxylation sites is 1. The Morgan fingerprint density at radius 3 is 2.55 bits per heavy atom. The van der Waals surface area contributed by atoms with E-state index in [1.165, 1.54) is 11.3 Å². The maximum Gasteiger partial charge on any atom is 0.265 e. The number of morpholine rings is 1. The predicted octanol–water partition coefficient (Wildman–Crippen LogP) is 5.11. The Kier molecular flexibility index (Phi) is 5.01. The molecule has 1 aliphatic rings. The van der Waals surface area contributed by atoms with Crippen molar-refractivity contribution in [1.82, 2.24) is 4.98 Å². The summed E-state index contributed by atoms with van der Waals surface area (Å²) in [6.45, 7) is 3.31. The van der Waals surface area contributed by atoms with Crippen LogP contribution in [-0.4, -0.2) is 37.2 Å². The predicted molar refractivity (Wildman–Crippen MR) is 120 cm³/mol. The van der Waals surface area contributed by atoms with Crippen molar-refractivity contribution >= 4 is 50.2 Å². The molecule has 0 radical (unpaired) electrons. The smallest absolute Gasteiger partial charge is 0.265 e. The zero-order valence-electron chi connectivity index (χ0n) is 15.6. The summed E-state index contributed by atoms with van der Waals surface area (Å²) in [5, 5.41) is 3.94. The van der Waals surface area contributed by atoms with E-state index < -0.39 is 0 Å². The second-order valence-electron chi connectivity index (χ2n) is 6.75. The summed E-state index contributed by atoms with van der Waals surface area (Å²) < 4.78 is 6.55. The number of fused-ring (bicyclic) bond motifs is 1. The topological polar surface area (TPSA) is 54.5 Å². The number of thiophene rings is 1. The molecule has 0 atom stereocenters. The van der Waals surface area contributed by atoms with Gasteiger partial charge in [0.2, 0.25) is 0 Å². The van der Waals surface area contributed by atoms with Crippen LogP contribution in [0.25, 0.3) is 20.1 Å². The highest BCUT2D eigenvalue weighted by Gasteiger charge is 2.14. The average molecular weight is 422 g/mol. The van der Waals surface area contributed by atoms with E-state index in [9.17, 15) is 4.79 Å². The number of aromatic nitrogens is 1. The van der Waals surface area contributed by atoms with Gasteiger partial charge < -0.3 is 15.0 Å². The van der Waals surface area contributed by atoms with E-state index in [1.54, 1.807) is 11.3 Å². The summed E-state index contributed by atoms with van der Waals surface area (Å²) in [6, 6.07) is 19.9. The van der Waals surface area contributed by atoms with E-state index in [0.29, 0.717) is 4.88 Å². The van der Waals surface area contributed by atoms with E-state index in [0.717, 1.165) is 57.8 Å². The molecule has 1 saturated heterocycles. The molecule has 0 saturated carbocycles. The normalized spacial score (nSPS) is 14.3. The van der Waals surface area contributed by atoms with Crippen LogP contribution in [0.3, 0.4) is 0 Å². The minimum absolute atomic E-state index is 0.0958. The van der Waals surface area contributed by atoms with Gasteiger partial charge in [-0.25, -0.2) is 4.98 Å². The highest BCUT2D eigenvalue weighted by molar-refractivity contribution is 7.26. The Morgan fingerprint density at radius 1 is 0.966 bits per heavy atom. The summed E-state index contributed by atoms with van der Waals surface area (Å²) in [6.07, 6.45) is 0. The third-order valence-electron chi connectivity index (χ3n) is 4.84. The van der Waals surface area contributed by atoms with Gasteiger partial charge in [0, 0.05) is 24.5 Å². The number of thiazole rings is 1. The molecule has 1 amide bonds. The molecular formula is C22H19N3O2S2. The molecule has 2 aromatic carbocycles. The molecule has 0 unspecified atom stereocenters. The molecule has 3 heterocycles. The second-order valence-corrected chi connectivity index (χ2v) is 8.87. The van der Waals surface area contributed by atoms with Gasteiger partial charge in [-0.15, -0.1) is 22.7 Å². The van der Waals surface area contributed by atoms with E-state index in [1.807, 2.05) is 54.6 Å². The van der Waals surface area contributed by atoms with Crippen molar-refractivity contribution in [2.75, 3.05) is 36.5 Å². The Labute approximate surface area is 176 Å². The number of rotatable bonds is 4. The maximum atomic E-state index is 12.7. The Bertz CT molecular complexity index is 1110. The van der Waals surface area contributed by atoms with Gasteiger partial charge in [0.15, 0.2) is 0 Å². The van der Waals surface area contributed by atoms with Crippen LogP contribution >= 0.6 is 22.7 Å². The lowest BCUT2D eigenvalue weighted by atomic mass is 10.2. The molecule has 1 N–H and O–H groups in total. The molecule has 5 nitrogen and oxygen atoms in total. The maximum absolute atomic E-state index is 12.7. The number of carbonyl (C=O) groups is 1. The number of amides is 1. The number of nitrogens with zero attached hydrogens (tertiary/aromatic N) is 2. The van der Waals surface area contributed by atoms with Crippen LogP contribution in [0.4, 0.5) is 11.4 Å². The quantitative estimate of drug-likeness (QED) is 0.497. The standard InChI is InChI=1S/C22H19N3O2S2/c26-21(23-15-5-7-16(8-6-15)25-11-13-27-14-12-25)19-9-10-20(28-19)22-24-17-3-1-2-4-18(17)29-22/h1-10H,11-14H2,(H,23,26). The number of hydrogen-bond acceptors (Lipinski definition) is 6. The van der Waals surface area contributed by atoms with Gasteiger partial charge in [-0.2, -0.15) is 0 Å². The second kappa shape index (κ2) is 7.94. The van der Waals surface area contributed by atoms with Crippen molar-refractivity contribution in [3.63, 3.8) is 0 Å². The summed E-state index contributed by atoms with van der Waals surface area (Å²) >= 11 is 3.12. The van der Waals surface area contributed by atoms with Crippen LogP contribution in [0.1, 0.15) is 9.67 Å². The lowest BCUT2D eigenvalue weighted by Crippen LogP contribution is -2.36. The number of anilines is 2. The van der Waals surface area contributed by atoms with Gasteiger partial charge in [0.1, 0.15) is 5.01 Å². The third kappa shape index (κ3) is 3.89. The first-order chi connectivity index (χ1) is 14.3. The van der Waals surface area contributed by atoms with Gasteiger partial charge in [0.25, 0.3) is 5.91 Å². The molecule has 4 aromatic rings. The zero-order valence-corrected chi connectivity index (χ0v) is 17.3. The number of carbonyl (C=O) groups excluding carboxylic acids is 1. The number of ether oxygens (including phenoxy) is 1. The Morgan fingerprint density at radius 2 is 1.76 bits per heavy atom. The van der Waals surface area contributed by atoms with Crippen LogP contribution in [0.5, 0.6) is 0 Å². The lowest BCUT2D eigenvalue weighted by molar-refractivity contribution is 0.103. The molecular weight excluding hydrogens is 402 g/mol. The van der Waals surface area contributed by atoms with Crippen LogP contribution < -0.4 is 10.2 Å². The monoisotopic (exact) mass is 421 g/mol. The van der Waals surface area contributed by atoms with Gasteiger partial charge >= 0.3 is 0 Å².